The number of carbonyl (C=O) groups excluding carboxylic acids is 3. The zero-order valence-electron chi connectivity index (χ0n) is 25.2. The van der Waals surface area contributed by atoms with Crippen LogP contribution in [-0.2, 0) is 39.3 Å². The van der Waals surface area contributed by atoms with Crippen molar-refractivity contribution in [3.05, 3.63) is 48.2 Å². The molecule has 0 spiro atoms. The van der Waals surface area contributed by atoms with Gasteiger partial charge >= 0.3 is 12.2 Å². The Labute approximate surface area is 270 Å². The van der Waals surface area contributed by atoms with Crippen molar-refractivity contribution in [1.29, 1.82) is 0 Å². The zero-order valence-corrected chi connectivity index (χ0v) is 26.0. The molecule has 1 aromatic carbocycles. The maximum atomic E-state index is 13.6. The molecule has 0 radical (unpaired) electrons. The number of hydrogen-bond donors (Lipinski definition) is 3. The number of amides is 3. The van der Waals surface area contributed by atoms with Crippen LogP contribution in [0.1, 0.15) is 16.3 Å². The van der Waals surface area contributed by atoms with E-state index in [1.165, 1.54) is 40.5 Å². The van der Waals surface area contributed by atoms with Gasteiger partial charge in [-0.25, -0.2) is 27.0 Å². The second-order valence-electron chi connectivity index (χ2n) is 10.9. The summed E-state index contributed by atoms with van der Waals surface area (Å²) >= 11 is 0. The Morgan fingerprint density at radius 2 is 1.81 bits per heavy atom. The lowest BCUT2D eigenvalue weighted by atomic mass is 10.2. The topological polar surface area (TPSA) is 173 Å². The summed E-state index contributed by atoms with van der Waals surface area (Å²) in [6.07, 6.45) is -6.64. The van der Waals surface area contributed by atoms with Gasteiger partial charge in [0, 0.05) is 58.2 Å². The van der Waals surface area contributed by atoms with Crippen LogP contribution in [0.25, 0.3) is 11.3 Å². The number of hydrogen-bond acceptors (Lipinski definition) is 9. The van der Waals surface area contributed by atoms with E-state index in [4.69, 9.17) is 4.74 Å². The van der Waals surface area contributed by atoms with Gasteiger partial charge in [-0.1, -0.05) is 0 Å². The van der Waals surface area contributed by atoms with E-state index in [1.54, 1.807) is 0 Å². The minimum absolute atomic E-state index is 0.0179. The van der Waals surface area contributed by atoms with E-state index in [1.807, 2.05) is 0 Å². The monoisotopic (exact) mass is 703 g/mol. The number of ether oxygens (including phenoxy) is 1. The molecular formula is C27H30F5N9O6S. The van der Waals surface area contributed by atoms with Gasteiger partial charge in [-0.2, -0.15) is 22.6 Å². The van der Waals surface area contributed by atoms with Gasteiger partial charge in [-0.05, 0) is 24.3 Å². The van der Waals surface area contributed by atoms with Crippen LogP contribution in [0.5, 0.6) is 0 Å². The highest BCUT2D eigenvalue weighted by atomic mass is 32.2. The molecule has 3 N–H and O–H groups in total. The minimum Gasteiger partial charge on any atom is -0.461 e. The van der Waals surface area contributed by atoms with Gasteiger partial charge in [0.25, 0.3) is 18.8 Å². The third kappa shape index (κ3) is 7.41. The summed E-state index contributed by atoms with van der Waals surface area (Å²) in [6, 6.07) is 4.34. The van der Waals surface area contributed by atoms with E-state index in [0.29, 0.717) is 24.2 Å². The highest BCUT2D eigenvalue weighted by Gasteiger charge is 2.39. The van der Waals surface area contributed by atoms with Crippen LogP contribution in [0.3, 0.4) is 0 Å². The number of imidazole rings is 1. The largest absolute Gasteiger partial charge is 0.461 e. The lowest BCUT2D eigenvalue weighted by Gasteiger charge is -2.34. The van der Waals surface area contributed by atoms with E-state index in [2.05, 4.69) is 26.0 Å². The SMILES string of the molecule is Cn1c(-c2cn(CC(F)F)nc2C(F)(F)F)cnc1C(=O)Nc1ccc(S(=O)(=O)N2CCN(C(=O)N[C@@H]3CNC[C@H]3OC=O)CC2)cc1. The van der Waals surface area contributed by atoms with E-state index >= 15 is 0 Å². The molecule has 2 saturated heterocycles. The number of halogens is 5. The molecule has 5 rings (SSSR count). The molecule has 15 nitrogen and oxygen atoms in total. The van der Waals surface area contributed by atoms with Crippen LogP contribution < -0.4 is 16.0 Å². The van der Waals surface area contributed by atoms with E-state index in [0.717, 1.165) is 17.0 Å². The Hall–Kier alpha value is -4.63. The zero-order chi connectivity index (χ0) is 34.8. The first-order chi connectivity index (χ1) is 22.7. The van der Waals surface area contributed by atoms with Crippen LogP contribution >= 0.6 is 0 Å². The fourth-order valence-corrected chi connectivity index (χ4v) is 6.79. The number of carbonyl (C=O) groups is 3. The van der Waals surface area contributed by atoms with Crippen LogP contribution in [0.15, 0.2) is 41.6 Å². The molecule has 0 aliphatic carbocycles. The maximum absolute atomic E-state index is 13.6. The summed E-state index contributed by atoms with van der Waals surface area (Å²) in [6.45, 7) is 0.328. The Balaban J connectivity index is 1.21. The Morgan fingerprint density at radius 1 is 1.12 bits per heavy atom. The van der Waals surface area contributed by atoms with Crippen molar-refractivity contribution in [3.8, 4) is 11.3 Å². The number of benzene rings is 1. The molecule has 0 bridgehead atoms. The number of alkyl halides is 5. The van der Waals surface area contributed by atoms with Crippen molar-refractivity contribution in [1.82, 2.24) is 39.2 Å². The molecule has 3 aromatic rings. The Bertz CT molecular complexity index is 1760. The summed E-state index contributed by atoms with van der Waals surface area (Å²) in [5.41, 5.74) is -2.00. The summed E-state index contributed by atoms with van der Waals surface area (Å²) < 4.78 is 101. The predicted molar refractivity (Wildman–Crippen MR) is 156 cm³/mol. The molecule has 2 aliphatic heterocycles. The molecule has 2 aliphatic rings. The molecule has 2 atom stereocenters. The van der Waals surface area contributed by atoms with Crippen LogP contribution in [-0.4, -0.2) is 113 Å². The second-order valence-corrected chi connectivity index (χ2v) is 12.8. The minimum atomic E-state index is -4.97. The van der Waals surface area contributed by atoms with Crippen molar-refractivity contribution >= 4 is 34.1 Å². The van der Waals surface area contributed by atoms with Gasteiger partial charge in [-0.3, -0.25) is 14.3 Å². The number of sulfonamides is 1. The molecule has 2 aromatic heterocycles. The van der Waals surface area contributed by atoms with Gasteiger partial charge in [-0.15, -0.1) is 0 Å². The van der Waals surface area contributed by atoms with Crippen LogP contribution in [0, 0.1) is 0 Å². The van der Waals surface area contributed by atoms with Gasteiger partial charge in [0.15, 0.2) is 11.5 Å². The first-order valence-electron chi connectivity index (χ1n) is 14.4. The second kappa shape index (κ2) is 13.8. The number of piperazine rings is 1. The summed E-state index contributed by atoms with van der Waals surface area (Å²) in [7, 11) is -2.70. The molecule has 0 saturated carbocycles. The fraction of sp³-hybridized carbons (Fsp3) is 0.444. The molecule has 2 fully saturated rings. The smallest absolute Gasteiger partial charge is 0.435 e. The summed E-state index contributed by atoms with van der Waals surface area (Å²) in [4.78, 5) is 41.6. The Kier molecular flexibility index (Phi) is 10.0. The van der Waals surface area contributed by atoms with Crippen molar-refractivity contribution in [2.24, 2.45) is 7.05 Å². The normalized spacial score (nSPS) is 19.0. The molecule has 21 heteroatoms. The number of rotatable bonds is 10. The van der Waals surface area contributed by atoms with E-state index in [-0.39, 0.29) is 48.3 Å². The van der Waals surface area contributed by atoms with Crippen molar-refractivity contribution in [2.75, 3.05) is 44.6 Å². The maximum Gasteiger partial charge on any atom is 0.435 e. The molecule has 4 heterocycles. The van der Waals surface area contributed by atoms with Gasteiger partial charge in [0.1, 0.15) is 12.6 Å². The number of anilines is 1. The standard InChI is InChI=1S/C27H30F5N9O6S/c1-38-20(18-13-40(14-22(28)29)37-23(18)27(30,31)32)11-34-24(38)25(43)35-16-2-4-17(5-3-16)48(45,46)41-8-6-39(7-9-41)26(44)36-19-10-33-12-21(19)47-15-42/h2-5,11,13,15,19,21-22,33H,6-10,12,14H2,1H3,(H,35,43)(H,36,44)/t19-,21-/m1/s1. The van der Waals surface area contributed by atoms with E-state index in [9.17, 15) is 44.8 Å². The molecule has 48 heavy (non-hydrogen) atoms. The highest BCUT2D eigenvalue weighted by Crippen LogP contribution is 2.36. The first-order valence-corrected chi connectivity index (χ1v) is 15.8. The number of nitrogens with zero attached hydrogens (tertiary/aromatic N) is 6. The number of aromatic nitrogens is 4. The lowest BCUT2D eigenvalue weighted by Crippen LogP contribution is -2.56. The van der Waals surface area contributed by atoms with Crippen LogP contribution in [0.4, 0.5) is 32.4 Å². The van der Waals surface area contributed by atoms with Crippen molar-refractivity contribution < 1.29 is 49.5 Å². The summed E-state index contributed by atoms with van der Waals surface area (Å²) in [5, 5.41) is 11.5. The van der Waals surface area contributed by atoms with Crippen molar-refractivity contribution in [2.45, 2.75) is 36.2 Å². The number of urea groups is 1. The van der Waals surface area contributed by atoms with Crippen LogP contribution in [0.2, 0.25) is 0 Å². The number of nitrogens with one attached hydrogen (secondary N) is 3. The average molecular weight is 704 g/mol. The van der Waals surface area contributed by atoms with Crippen molar-refractivity contribution in [3.63, 3.8) is 0 Å². The quantitative estimate of drug-likeness (QED) is 0.208. The predicted octanol–water partition coefficient (Wildman–Crippen LogP) is 1.35. The average Bonchev–Trinajstić information content (AvgIpc) is 3.76. The van der Waals surface area contributed by atoms with Gasteiger partial charge < -0.3 is 30.2 Å². The fourth-order valence-electron chi connectivity index (χ4n) is 5.36. The first kappa shape index (κ1) is 34.7. The summed E-state index contributed by atoms with van der Waals surface area (Å²) in [5.74, 6) is -1.14. The Morgan fingerprint density at radius 3 is 2.44 bits per heavy atom. The third-order valence-electron chi connectivity index (χ3n) is 7.80. The third-order valence-corrected chi connectivity index (χ3v) is 9.71. The molecule has 260 valence electrons. The lowest BCUT2D eigenvalue weighted by molar-refractivity contribution is -0.141. The molecule has 0 unspecified atom stereocenters. The molecule has 3 amide bonds. The van der Waals surface area contributed by atoms with E-state index < -0.39 is 64.5 Å². The van der Waals surface area contributed by atoms with Gasteiger partial charge in [0.05, 0.1) is 28.4 Å². The molecular weight excluding hydrogens is 673 g/mol. The highest BCUT2D eigenvalue weighted by molar-refractivity contribution is 7.89. The van der Waals surface area contributed by atoms with Gasteiger partial charge in [0.2, 0.25) is 10.0 Å².